The van der Waals surface area contributed by atoms with E-state index >= 15 is 0 Å². The Morgan fingerprint density at radius 1 is 1.25 bits per heavy atom. The van der Waals surface area contributed by atoms with Crippen molar-refractivity contribution in [3.8, 4) is 11.1 Å². The van der Waals surface area contributed by atoms with E-state index in [1.165, 1.54) is 0 Å². The average molecular weight is 279 g/mol. The van der Waals surface area contributed by atoms with Gasteiger partial charge in [0.05, 0.1) is 0 Å². The summed E-state index contributed by atoms with van der Waals surface area (Å²) >= 11 is 3.48. The summed E-state index contributed by atoms with van der Waals surface area (Å²) in [5, 5.41) is 2.85. The molecule has 5 heteroatoms. The van der Waals surface area contributed by atoms with E-state index in [2.05, 4.69) is 31.2 Å². The van der Waals surface area contributed by atoms with Crippen LogP contribution in [0.4, 0.5) is 11.8 Å². The second-order valence-corrected chi connectivity index (χ2v) is 4.08. The van der Waals surface area contributed by atoms with Crippen molar-refractivity contribution in [1.82, 2.24) is 9.97 Å². The highest BCUT2D eigenvalue weighted by molar-refractivity contribution is 9.10. The van der Waals surface area contributed by atoms with Crippen molar-refractivity contribution >= 4 is 27.7 Å². The van der Waals surface area contributed by atoms with E-state index in [0.717, 1.165) is 15.6 Å². The monoisotopic (exact) mass is 278 g/mol. The number of nitrogens with zero attached hydrogens (tertiary/aromatic N) is 2. The van der Waals surface area contributed by atoms with E-state index in [1.807, 2.05) is 24.3 Å². The number of hydrogen-bond acceptors (Lipinski definition) is 4. The zero-order valence-corrected chi connectivity index (χ0v) is 10.3. The number of hydrogen-bond donors (Lipinski definition) is 2. The normalized spacial score (nSPS) is 10.1. The highest BCUT2D eigenvalue weighted by atomic mass is 79.9. The predicted molar refractivity (Wildman–Crippen MR) is 69.1 cm³/mol. The molecule has 0 fully saturated rings. The number of benzene rings is 1. The van der Waals surface area contributed by atoms with Gasteiger partial charge in [0.1, 0.15) is 5.82 Å². The molecule has 1 heterocycles. The van der Waals surface area contributed by atoms with E-state index in [1.54, 1.807) is 13.2 Å². The molecular weight excluding hydrogens is 268 g/mol. The van der Waals surface area contributed by atoms with E-state index < -0.39 is 0 Å². The Hall–Kier alpha value is -1.62. The Morgan fingerprint density at radius 3 is 2.62 bits per heavy atom. The quantitative estimate of drug-likeness (QED) is 0.886. The van der Waals surface area contributed by atoms with Crippen molar-refractivity contribution in [2.45, 2.75) is 0 Å². The third-order valence-electron chi connectivity index (χ3n) is 2.21. The van der Waals surface area contributed by atoms with Crippen LogP contribution in [-0.4, -0.2) is 17.0 Å². The predicted octanol–water partition coefficient (Wildman–Crippen LogP) is 2.53. The van der Waals surface area contributed by atoms with Gasteiger partial charge in [-0.25, -0.2) is 4.98 Å². The van der Waals surface area contributed by atoms with Crippen LogP contribution in [0.1, 0.15) is 0 Å². The molecule has 0 atom stereocenters. The summed E-state index contributed by atoms with van der Waals surface area (Å²) < 4.78 is 0.975. The largest absolute Gasteiger partial charge is 0.383 e. The molecule has 1 aromatic carbocycles. The van der Waals surface area contributed by atoms with Crippen LogP contribution in [0.3, 0.4) is 0 Å². The van der Waals surface area contributed by atoms with Crippen LogP contribution in [0.5, 0.6) is 0 Å². The van der Waals surface area contributed by atoms with E-state index in [4.69, 9.17) is 5.73 Å². The first-order valence-electron chi connectivity index (χ1n) is 4.77. The molecule has 2 rings (SSSR count). The molecule has 0 aliphatic carbocycles. The van der Waals surface area contributed by atoms with Gasteiger partial charge in [-0.05, 0) is 6.07 Å². The molecule has 4 nitrogen and oxygen atoms in total. The molecule has 1 aromatic heterocycles. The number of anilines is 2. The van der Waals surface area contributed by atoms with Crippen molar-refractivity contribution in [3.63, 3.8) is 0 Å². The van der Waals surface area contributed by atoms with Gasteiger partial charge < -0.3 is 11.1 Å². The van der Waals surface area contributed by atoms with Crippen LogP contribution in [0.15, 0.2) is 34.9 Å². The molecule has 0 radical (unpaired) electrons. The van der Waals surface area contributed by atoms with Crippen molar-refractivity contribution in [2.24, 2.45) is 0 Å². The lowest BCUT2D eigenvalue weighted by Gasteiger charge is -2.07. The summed E-state index contributed by atoms with van der Waals surface area (Å²) in [5.74, 6) is 0.986. The molecule has 0 saturated heterocycles. The lowest BCUT2D eigenvalue weighted by Crippen LogP contribution is -2.01. The Morgan fingerprint density at radius 2 is 2.00 bits per heavy atom. The van der Waals surface area contributed by atoms with Gasteiger partial charge in [-0.3, -0.25) is 0 Å². The molecule has 2 aromatic rings. The molecule has 0 aliphatic rings. The fourth-order valence-electron chi connectivity index (χ4n) is 1.40. The van der Waals surface area contributed by atoms with Gasteiger partial charge in [-0.15, -0.1) is 0 Å². The highest BCUT2D eigenvalue weighted by Crippen LogP contribution is 2.30. The van der Waals surface area contributed by atoms with Crippen LogP contribution in [0, 0.1) is 0 Å². The molecule has 0 bridgehead atoms. The first kappa shape index (κ1) is 10.9. The maximum Gasteiger partial charge on any atom is 0.224 e. The van der Waals surface area contributed by atoms with Gasteiger partial charge in [0.2, 0.25) is 5.95 Å². The number of halogens is 1. The summed E-state index contributed by atoms with van der Waals surface area (Å²) in [4.78, 5) is 8.30. The number of nitrogens with two attached hydrogens (primary N) is 1. The Labute approximate surface area is 102 Å². The van der Waals surface area contributed by atoms with E-state index in [0.29, 0.717) is 11.8 Å². The van der Waals surface area contributed by atoms with Crippen LogP contribution >= 0.6 is 15.9 Å². The maximum absolute atomic E-state index is 5.89. The van der Waals surface area contributed by atoms with Gasteiger partial charge >= 0.3 is 0 Å². The maximum atomic E-state index is 5.89. The molecule has 3 N–H and O–H groups in total. The second-order valence-electron chi connectivity index (χ2n) is 3.22. The SMILES string of the molecule is CNc1ncc(-c2ccccc2Br)c(N)n1. The molecule has 16 heavy (non-hydrogen) atoms. The van der Waals surface area contributed by atoms with Crippen LogP contribution < -0.4 is 11.1 Å². The van der Waals surface area contributed by atoms with Crippen molar-refractivity contribution in [3.05, 3.63) is 34.9 Å². The molecule has 0 aliphatic heterocycles. The molecular formula is C11H11BrN4. The summed E-state index contributed by atoms with van der Waals surface area (Å²) in [7, 11) is 1.76. The topological polar surface area (TPSA) is 63.8 Å². The molecule has 0 amide bonds. The number of aromatic nitrogens is 2. The van der Waals surface area contributed by atoms with Gasteiger partial charge in [0, 0.05) is 28.8 Å². The third-order valence-corrected chi connectivity index (χ3v) is 2.90. The highest BCUT2D eigenvalue weighted by Gasteiger charge is 2.08. The minimum atomic E-state index is 0.464. The average Bonchev–Trinajstić information content (AvgIpc) is 2.30. The standard InChI is InChI=1S/C11H11BrN4/c1-14-11-15-6-8(10(13)16-11)7-4-2-3-5-9(7)12/h2-6H,1H3,(H3,13,14,15,16). The van der Waals surface area contributed by atoms with Gasteiger partial charge in [0.25, 0.3) is 0 Å². The molecule has 0 unspecified atom stereocenters. The lowest BCUT2D eigenvalue weighted by atomic mass is 10.1. The van der Waals surface area contributed by atoms with Gasteiger partial charge in [0.15, 0.2) is 0 Å². The Kier molecular flexibility index (Phi) is 3.05. The van der Waals surface area contributed by atoms with E-state index in [-0.39, 0.29) is 0 Å². The molecule has 82 valence electrons. The molecule has 0 saturated carbocycles. The number of rotatable bonds is 2. The fraction of sp³-hybridized carbons (Fsp3) is 0.0909. The third kappa shape index (κ3) is 1.99. The first-order chi connectivity index (χ1) is 7.72. The smallest absolute Gasteiger partial charge is 0.224 e. The van der Waals surface area contributed by atoms with Gasteiger partial charge in [-0.1, -0.05) is 34.1 Å². The van der Waals surface area contributed by atoms with Gasteiger partial charge in [-0.2, -0.15) is 4.98 Å². The fourth-order valence-corrected chi connectivity index (χ4v) is 1.90. The zero-order valence-electron chi connectivity index (χ0n) is 8.74. The van der Waals surface area contributed by atoms with Crippen LogP contribution in [0.25, 0.3) is 11.1 Å². The Balaban J connectivity index is 2.53. The Bertz CT molecular complexity index is 513. The summed E-state index contributed by atoms with van der Waals surface area (Å²) in [5.41, 5.74) is 7.70. The van der Waals surface area contributed by atoms with Crippen molar-refractivity contribution < 1.29 is 0 Å². The molecule has 0 spiro atoms. The number of nitrogens with one attached hydrogen (secondary N) is 1. The van der Waals surface area contributed by atoms with Crippen LogP contribution in [-0.2, 0) is 0 Å². The number of nitrogen functional groups attached to an aromatic ring is 1. The minimum absolute atomic E-state index is 0.464. The lowest BCUT2D eigenvalue weighted by molar-refractivity contribution is 1.16. The second kappa shape index (κ2) is 4.49. The zero-order chi connectivity index (χ0) is 11.5. The summed E-state index contributed by atoms with van der Waals surface area (Å²) in [6, 6.07) is 7.83. The summed E-state index contributed by atoms with van der Waals surface area (Å²) in [6.45, 7) is 0. The minimum Gasteiger partial charge on any atom is -0.383 e. The van der Waals surface area contributed by atoms with Crippen molar-refractivity contribution in [2.75, 3.05) is 18.1 Å². The first-order valence-corrected chi connectivity index (χ1v) is 5.57. The van der Waals surface area contributed by atoms with Crippen molar-refractivity contribution in [1.29, 1.82) is 0 Å². The van der Waals surface area contributed by atoms with E-state index in [9.17, 15) is 0 Å². The van der Waals surface area contributed by atoms with Crippen LogP contribution in [0.2, 0.25) is 0 Å². The summed E-state index contributed by atoms with van der Waals surface area (Å²) in [6.07, 6.45) is 1.72.